The van der Waals surface area contributed by atoms with Gasteiger partial charge in [0.05, 0.1) is 0 Å². The minimum Gasteiger partial charge on any atom is -0.508 e. The molecule has 18 heavy (non-hydrogen) atoms. The summed E-state index contributed by atoms with van der Waals surface area (Å²) in [5.74, 6) is 0.320. The van der Waals surface area contributed by atoms with Crippen molar-refractivity contribution in [2.75, 3.05) is 11.4 Å². The lowest BCUT2D eigenvalue weighted by Crippen LogP contribution is -2.19. The van der Waals surface area contributed by atoms with Gasteiger partial charge in [0.15, 0.2) is 0 Å². The molecule has 3 rings (SSSR count). The van der Waals surface area contributed by atoms with Gasteiger partial charge in [0.1, 0.15) is 5.75 Å². The average Bonchev–Trinajstić information content (AvgIpc) is 2.78. The third kappa shape index (κ3) is 2.10. The highest BCUT2D eigenvalue weighted by atomic mass is 79.9. The van der Waals surface area contributed by atoms with Gasteiger partial charge in [-0.1, -0.05) is 34.1 Å². The van der Waals surface area contributed by atoms with E-state index in [0.717, 1.165) is 29.5 Å². The van der Waals surface area contributed by atoms with Gasteiger partial charge in [0.25, 0.3) is 0 Å². The number of anilines is 1. The van der Waals surface area contributed by atoms with E-state index in [4.69, 9.17) is 0 Å². The summed E-state index contributed by atoms with van der Waals surface area (Å²) >= 11 is 3.54. The highest BCUT2D eigenvalue weighted by Crippen LogP contribution is 2.31. The van der Waals surface area contributed by atoms with Crippen LogP contribution in [0, 0.1) is 0 Å². The summed E-state index contributed by atoms with van der Waals surface area (Å²) in [5, 5.41) is 9.57. The van der Waals surface area contributed by atoms with Crippen LogP contribution in [0.25, 0.3) is 0 Å². The number of rotatable bonds is 2. The van der Waals surface area contributed by atoms with Crippen molar-refractivity contribution in [1.29, 1.82) is 0 Å². The van der Waals surface area contributed by atoms with Crippen LogP contribution >= 0.6 is 15.9 Å². The fourth-order valence-corrected chi connectivity index (χ4v) is 2.83. The van der Waals surface area contributed by atoms with E-state index in [0.29, 0.717) is 5.75 Å². The first-order chi connectivity index (χ1) is 8.74. The van der Waals surface area contributed by atoms with Gasteiger partial charge < -0.3 is 10.0 Å². The van der Waals surface area contributed by atoms with Crippen LogP contribution < -0.4 is 4.90 Å². The van der Waals surface area contributed by atoms with Crippen molar-refractivity contribution in [3.63, 3.8) is 0 Å². The molecular weight excluding hydrogens is 290 g/mol. The molecule has 0 aliphatic carbocycles. The van der Waals surface area contributed by atoms with Gasteiger partial charge in [-0.2, -0.15) is 0 Å². The van der Waals surface area contributed by atoms with E-state index in [1.807, 2.05) is 12.1 Å². The molecule has 0 atom stereocenters. The maximum absolute atomic E-state index is 9.57. The topological polar surface area (TPSA) is 23.5 Å². The molecule has 3 heteroatoms. The number of aromatic hydroxyl groups is 1. The van der Waals surface area contributed by atoms with Crippen molar-refractivity contribution in [2.24, 2.45) is 0 Å². The van der Waals surface area contributed by atoms with Crippen molar-refractivity contribution < 1.29 is 5.11 Å². The lowest BCUT2D eigenvalue weighted by molar-refractivity contribution is 0.474. The Morgan fingerprint density at radius 2 is 2.00 bits per heavy atom. The Bertz CT molecular complexity index is 582. The van der Waals surface area contributed by atoms with Crippen molar-refractivity contribution in [2.45, 2.75) is 13.0 Å². The molecule has 1 heterocycles. The second-order valence-corrected chi connectivity index (χ2v) is 5.43. The minimum atomic E-state index is 0.320. The zero-order valence-electron chi connectivity index (χ0n) is 9.94. The number of hydrogen-bond acceptors (Lipinski definition) is 2. The molecule has 0 spiro atoms. The smallest absolute Gasteiger partial charge is 0.115 e. The molecular formula is C15H14BrNO. The summed E-state index contributed by atoms with van der Waals surface area (Å²) in [6, 6.07) is 13.9. The minimum absolute atomic E-state index is 0.320. The van der Waals surface area contributed by atoms with Crippen molar-refractivity contribution >= 4 is 21.6 Å². The summed E-state index contributed by atoms with van der Waals surface area (Å²) in [6.07, 6.45) is 1.10. The molecule has 1 aliphatic rings. The van der Waals surface area contributed by atoms with Crippen LogP contribution in [0.5, 0.6) is 5.75 Å². The largest absolute Gasteiger partial charge is 0.508 e. The maximum Gasteiger partial charge on any atom is 0.115 e. The van der Waals surface area contributed by atoms with Gasteiger partial charge in [-0.3, -0.25) is 0 Å². The molecule has 1 N–H and O–H groups in total. The van der Waals surface area contributed by atoms with Crippen molar-refractivity contribution in [1.82, 2.24) is 0 Å². The Morgan fingerprint density at radius 1 is 1.17 bits per heavy atom. The van der Waals surface area contributed by atoms with Gasteiger partial charge in [0, 0.05) is 23.2 Å². The number of phenolic OH excluding ortho intramolecular Hbond substituents is 1. The molecule has 0 unspecified atom stereocenters. The van der Waals surface area contributed by atoms with E-state index in [1.54, 1.807) is 6.07 Å². The number of benzene rings is 2. The Labute approximate surface area is 115 Å². The molecule has 0 saturated carbocycles. The van der Waals surface area contributed by atoms with E-state index in [-0.39, 0.29) is 0 Å². The fourth-order valence-electron chi connectivity index (χ4n) is 2.46. The molecule has 0 aromatic heterocycles. The number of para-hydroxylation sites is 1. The van der Waals surface area contributed by atoms with E-state index < -0.39 is 0 Å². The van der Waals surface area contributed by atoms with Crippen LogP contribution in [-0.4, -0.2) is 11.7 Å². The zero-order valence-corrected chi connectivity index (χ0v) is 11.5. The fraction of sp³-hybridized carbons (Fsp3) is 0.200. The summed E-state index contributed by atoms with van der Waals surface area (Å²) in [6.45, 7) is 1.87. The Kier molecular flexibility index (Phi) is 3.00. The Morgan fingerprint density at radius 3 is 2.89 bits per heavy atom. The van der Waals surface area contributed by atoms with Crippen LogP contribution in [-0.2, 0) is 13.0 Å². The van der Waals surface area contributed by atoms with Gasteiger partial charge in [-0.15, -0.1) is 0 Å². The standard InChI is InChI=1S/C15H14BrNO/c16-14-6-5-13(18)9-12(14)10-17-8-7-11-3-1-2-4-15(11)17/h1-6,9,18H,7-8,10H2. The van der Waals surface area contributed by atoms with E-state index in [1.165, 1.54) is 11.3 Å². The first-order valence-electron chi connectivity index (χ1n) is 6.04. The van der Waals surface area contributed by atoms with E-state index in [9.17, 15) is 5.11 Å². The summed E-state index contributed by atoms with van der Waals surface area (Å²) in [7, 11) is 0. The molecule has 2 aromatic rings. The molecule has 0 amide bonds. The number of halogens is 1. The molecule has 0 saturated heterocycles. The average molecular weight is 304 g/mol. The molecule has 0 bridgehead atoms. The van der Waals surface area contributed by atoms with Crippen molar-refractivity contribution in [3.05, 3.63) is 58.1 Å². The maximum atomic E-state index is 9.57. The molecule has 92 valence electrons. The SMILES string of the molecule is Oc1ccc(Br)c(CN2CCc3ccccc32)c1. The first kappa shape index (κ1) is 11.6. The van der Waals surface area contributed by atoms with Gasteiger partial charge in [-0.05, 0) is 41.8 Å². The van der Waals surface area contributed by atoms with Gasteiger partial charge >= 0.3 is 0 Å². The quantitative estimate of drug-likeness (QED) is 0.914. The summed E-state index contributed by atoms with van der Waals surface area (Å²) in [5.41, 5.74) is 3.84. The van der Waals surface area contributed by atoms with E-state index >= 15 is 0 Å². The van der Waals surface area contributed by atoms with Crippen LogP contribution in [0.2, 0.25) is 0 Å². The Balaban J connectivity index is 1.88. The summed E-state index contributed by atoms with van der Waals surface area (Å²) < 4.78 is 1.05. The highest BCUT2D eigenvalue weighted by Gasteiger charge is 2.19. The van der Waals surface area contributed by atoms with Crippen LogP contribution in [0.1, 0.15) is 11.1 Å². The second-order valence-electron chi connectivity index (χ2n) is 4.58. The van der Waals surface area contributed by atoms with Crippen LogP contribution in [0.15, 0.2) is 46.9 Å². The third-order valence-electron chi connectivity index (χ3n) is 3.37. The number of hydrogen-bond donors (Lipinski definition) is 1. The molecule has 2 nitrogen and oxygen atoms in total. The molecule has 0 radical (unpaired) electrons. The molecule has 0 fully saturated rings. The van der Waals surface area contributed by atoms with Crippen LogP contribution in [0.3, 0.4) is 0 Å². The van der Waals surface area contributed by atoms with Crippen LogP contribution in [0.4, 0.5) is 5.69 Å². The third-order valence-corrected chi connectivity index (χ3v) is 4.15. The predicted octanol–water partition coefficient (Wildman–Crippen LogP) is 3.72. The lowest BCUT2D eigenvalue weighted by atomic mass is 10.1. The lowest BCUT2D eigenvalue weighted by Gasteiger charge is -2.20. The number of phenols is 1. The van der Waals surface area contributed by atoms with E-state index in [2.05, 4.69) is 45.1 Å². The molecule has 2 aromatic carbocycles. The zero-order chi connectivity index (χ0) is 12.5. The number of nitrogens with zero attached hydrogens (tertiary/aromatic N) is 1. The monoisotopic (exact) mass is 303 g/mol. The number of fused-ring (bicyclic) bond motifs is 1. The van der Waals surface area contributed by atoms with Gasteiger partial charge in [-0.25, -0.2) is 0 Å². The van der Waals surface area contributed by atoms with Gasteiger partial charge in [0.2, 0.25) is 0 Å². The second kappa shape index (κ2) is 4.65. The molecule has 1 aliphatic heterocycles. The van der Waals surface area contributed by atoms with Crippen molar-refractivity contribution in [3.8, 4) is 5.75 Å². The highest BCUT2D eigenvalue weighted by molar-refractivity contribution is 9.10. The summed E-state index contributed by atoms with van der Waals surface area (Å²) in [4.78, 5) is 2.36. The first-order valence-corrected chi connectivity index (χ1v) is 6.83. The predicted molar refractivity (Wildman–Crippen MR) is 77.0 cm³/mol. The Hall–Kier alpha value is -1.48. The normalized spacial score (nSPS) is 13.7.